The lowest BCUT2D eigenvalue weighted by molar-refractivity contribution is -0.305. The molecule has 132 valence electrons. The predicted octanol–water partition coefficient (Wildman–Crippen LogP) is 3.32. The van der Waals surface area contributed by atoms with E-state index >= 15 is 0 Å². The van der Waals surface area contributed by atoms with Crippen molar-refractivity contribution in [3.05, 3.63) is 51.9 Å². The number of thiocarbonyl (C=S) groups is 1. The summed E-state index contributed by atoms with van der Waals surface area (Å²) in [5.74, 6) is -1.21. The number of unbranched alkanes of at least 4 members (excludes halogenated alkanes) is 2. The van der Waals surface area contributed by atoms with Gasteiger partial charge in [0.25, 0.3) is 5.91 Å². The molecular formula is C18H17ClNO3S2-. The molecule has 4 nitrogen and oxygen atoms in total. The molecule has 1 aromatic carbocycles. The monoisotopic (exact) mass is 394 g/mol. The fraction of sp³-hybridized carbons (Fsp3) is 0.278. The minimum atomic E-state index is -1.05. The van der Waals surface area contributed by atoms with Gasteiger partial charge in [0.15, 0.2) is 0 Å². The van der Waals surface area contributed by atoms with Crippen LogP contribution in [0.15, 0.2) is 46.3 Å². The van der Waals surface area contributed by atoms with Crippen LogP contribution in [0.1, 0.15) is 31.2 Å². The molecule has 1 aliphatic heterocycles. The van der Waals surface area contributed by atoms with Crippen LogP contribution >= 0.6 is 35.6 Å². The highest BCUT2D eigenvalue weighted by atomic mass is 35.5. The molecule has 0 unspecified atom stereocenters. The minimum absolute atomic E-state index is 0.0399. The Morgan fingerprint density at radius 1 is 1.24 bits per heavy atom. The van der Waals surface area contributed by atoms with Crippen LogP contribution in [0, 0.1) is 0 Å². The average Bonchev–Trinajstić information content (AvgIpc) is 2.82. The molecule has 0 bridgehead atoms. The van der Waals surface area contributed by atoms with Gasteiger partial charge in [0, 0.05) is 17.5 Å². The second kappa shape index (κ2) is 9.75. The summed E-state index contributed by atoms with van der Waals surface area (Å²) in [5.41, 5.74) is 0.951. The Hall–Kier alpha value is -1.63. The molecule has 0 aromatic heterocycles. The Morgan fingerprint density at radius 3 is 2.64 bits per heavy atom. The van der Waals surface area contributed by atoms with E-state index in [0.717, 1.165) is 5.56 Å². The molecule has 0 N–H and O–H groups in total. The van der Waals surface area contributed by atoms with Crippen LogP contribution < -0.4 is 5.11 Å². The van der Waals surface area contributed by atoms with E-state index < -0.39 is 5.97 Å². The molecule has 0 spiro atoms. The molecule has 25 heavy (non-hydrogen) atoms. The van der Waals surface area contributed by atoms with Gasteiger partial charge >= 0.3 is 0 Å². The van der Waals surface area contributed by atoms with Crippen molar-refractivity contribution in [2.75, 3.05) is 6.54 Å². The zero-order chi connectivity index (χ0) is 18.2. The molecule has 0 atom stereocenters. The fourth-order valence-electron chi connectivity index (χ4n) is 2.28. The zero-order valence-corrected chi connectivity index (χ0v) is 15.8. The van der Waals surface area contributed by atoms with Gasteiger partial charge in [-0.15, -0.1) is 0 Å². The summed E-state index contributed by atoms with van der Waals surface area (Å²) in [4.78, 5) is 24.8. The molecule has 1 saturated heterocycles. The Labute approximate surface area is 161 Å². The highest BCUT2D eigenvalue weighted by Gasteiger charge is 2.31. The average molecular weight is 395 g/mol. The maximum Gasteiger partial charge on any atom is 0.266 e. The van der Waals surface area contributed by atoms with Gasteiger partial charge in [-0.05, 0) is 37.0 Å². The van der Waals surface area contributed by atoms with Crippen LogP contribution in [-0.4, -0.2) is 27.6 Å². The second-order valence-electron chi connectivity index (χ2n) is 5.46. The third kappa shape index (κ3) is 6.30. The third-order valence-electron chi connectivity index (χ3n) is 3.51. The van der Waals surface area contributed by atoms with E-state index in [1.165, 1.54) is 16.7 Å². The van der Waals surface area contributed by atoms with E-state index in [1.807, 2.05) is 30.3 Å². The van der Waals surface area contributed by atoms with Crippen LogP contribution in [0.5, 0.6) is 0 Å². The first kappa shape index (κ1) is 19.7. The number of amides is 1. The number of allylic oxidation sites excluding steroid dienone is 2. The lowest BCUT2D eigenvalue weighted by Gasteiger charge is -2.14. The van der Waals surface area contributed by atoms with Gasteiger partial charge < -0.3 is 9.90 Å². The number of aliphatic carboxylic acids is 1. The molecule has 1 amide bonds. The molecule has 0 aliphatic carbocycles. The fourth-order valence-corrected chi connectivity index (χ4v) is 3.88. The van der Waals surface area contributed by atoms with Gasteiger partial charge in [0.2, 0.25) is 0 Å². The summed E-state index contributed by atoms with van der Waals surface area (Å²) in [6.45, 7) is 0.481. The van der Waals surface area contributed by atoms with Crippen LogP contribution in [0.3, 0.4) is 0 Å². The van der Waals surface area contributed by atoms with E-state index in [9.17, 15) is 14.7 Å². The number of carboxylic acids is 1. The van der Waals surface area contributed by atoms with E-state index in [0.29, 0.717) is 40.1 Å². The van der Waals surface area contributed by atoms with Crippen molar-refractivity contribution in [1.82, 2.24) is 4.90 Å². The van der Waals surface area contributed by atoms with Gasteiger partial charge in [-0.25, -0.2) is 0 Å². The largest absolute Gasteiger partial charge is 0.550 e. The van der Waals surface area contributed by atoms with E-state index in [-0.39, 0.29) is 12.3 Å². The van der Waals surface area contributed by atoms with Crippen molar-refractivity contribution < 1.29 is 14.7 Å². The quantitative estimate of drug-likeness (QED) is 0.384. The molecule has 1 aromatic rings. The van der Waals surface area contributed by atoms with Gasteiger partial charge in [-0.1, -0.05) is 72.3 Å². The predicted molar refractivity (Wildman–Crippen MR) is 104 cm³/mol. The third-order valence-corrected chi connectivity index (χ3v) is 5.11. The van der Waals surface area contributed by atoms with Gasteiger partial charge in [-0.2, -0.15) is 0 Å². The van der Waals surface area contributed by atoms with Crippen LogP contribution in [0.25, 0.3) is 6.08 Å². The summed E-state index contributed by atoms with van der Waals surface area (Å²) in [6.07, 6.45) is 5.40. The molecule has 1 heterocycles. The van der Waals surface area contributed by atoms with Crippen LogP contribution in [0.4, 0.5) is 0 Å². The SMILES string of the molecule is O=C([O-])CCCCCN1C(=O)/C(=C/C(Cl)=C/c2ccccc2)SC1=S. The number of rotatable bonds is 8. The lowest BCUT2D eigenvalue weighted by atomic mass is 10.2. The van der Waals surface area contributed by atoms with Crippen LogP contribution in [-0.2, 0) is 9.59 Å². The summed E-state index contributed by atoms with van der Waals surface area (Å²) in [6, 6.07) is 9.59. The second-order valence-corrected chi connectivity index (χ2v) is 7.57. The Morgan fingerprint density at radius 2 is 1.96 bits per heavy atom. The number of nitrogens with zero attached hydrogens (tertiary/aromatic N) is 1. The zero-order valence-electron chi connectivity index (χ0n) is 13.4. The Kier molecular flexibility index (Phi) is 7.68. The lowest BCUT2D eigenvalue weighted by Crippen LogP contribution is -2.29. The smallest absolute Gasteiger partial charge is 0.266 e. The van der Waals surface area contributed by atoms with Gasteiger partial charge in [0.05, 0.1) is 4.91 Å². The van der Waals surface area contributed by atoms with Crippen molar-refractivity contribution in [2.45, 2.75) is 25.7 Å². The first-order valence-electron chi connectivity index (χ1n) is 7.85. The van der Waals surface area contributed by atoms with Gasteiger partial charge in [-0.3, -0.25) is 9.69 Å². The maximum absolute atomic E-state index is 12.4. The van der Waals surface area contributed by atoms with Crippen molar-refractivity contribution in [1.29, 1.82) is 0 Å². The van der Waals surface area contributed by atoms with Crippen molar-refractivity contribution in [3.8, 4) is 0 Å². The number of thioether (sulfide) groups is 1. The highest BCUT2D eigenvalue weighted by molar-refractivity contribution is 8.26. The van der Waals surface area contributed by atoms with Crippen LogP contribution in [0.2, 0.25) is 0 Å². The number of carboxylic acid groups (broad SMARTS) is 1. The molecule has 2 rings (SSSR count). The molecular weight excluding hydrogens is 378 g/mol. The Balaban J connectivity index is 1.93. The number of hydrogen-bond donors (Lipinski definition) is 0. The molecule has 1 aliphatic rings. The first-order chi connectivity index (χ1) is 12.0. The van der Waals surface area contributed by atoms with E-state index in [4.69, 9.17) is 23.8 Å². The number of halogens is 1. The molecule has 7 heteroatoms. The molecule has 0 radical (unpaired) electrons. The summed E-state index contributed by atoms with van der Waals surface area (Å²) in [5, 5.41) is 10.8. The maximum atomic E-state index is 12.4. The number of carbonyl (C=O) groups excluding carboxylic acids is 2. The summed E-state index contributed by atoms with van der Waals surface area (Å²) in [7, 11) is 0. The summed E-state index contributed by atoms with van der Waals surface area (Å²) < 4.78 is 0.500. The number of benzene rings is 1. The molecule has 0 saturated carbocycles. The molecule has 1 fully saturated rings. The van der Waals surface area contributed by atoms with E-state index in [1.54, 1.807) is 12.2 Å². The standard InChI is InChI=1S/C18H18ClNO3S2/c19-14(11-13-7-3-1-4-8-13)12-15-17(23)20(18(24)25-15)10-6-2-5-9-16(21)22/h1,3-4,7-8,11-12H,2,5-6,9-10H2,(H,21,22)/p-1/b14-11-,15-12-. The first-order valence-corrected chi connectivity index (χ1v) is 9.45. The van der Waals surface area contributed by atoms with Crippen molar-refractivity contribution in [3.63, 3.8) is 0 Å². The normalized spacial score (nSPS) is 16.8. The number of hydrogen-bond acceptors (Lipinski definition) is 5. The van der Waals surface area contributed by atoms with E-state index in [2.05, 4.69) is 0 Å². The Bertz CT molecular complexity index is 716. The van der Waals surface area contributed by atoms with Crippen molar-refractivity contribution >= 4 is 57.9 Å². The highest BCUT2D eigenvalue weighted by Crippen LogP contribution is 2.33. The minimum Gasteiger partial charge on any atom is -0.550 e. The van der Waals surface area contributed by atoms with Gasteiger partial charge in [0.1, 0.15) is 4.32 Å². The summed E-state index contributed by atoms with van der Waals surface area (Å²) >= 11 is 12.7. The van der Waals surface area contributed by atoms with Crippen molar-refractivity contribution in [2.24, 2.45) is 0 Å². The number of carbonyl (C=O) groups is 2. The topological polar surface area (TPSA) is 60.4 Å².